The van der Waals surface area contributed by atoms with E-state index in [1.807, 2.05) is 0 Å². The second-order valence-electron chi connectivity index (χ2n) is 5.18. The van der Waals surface area contributed by atoms with Crippen molar-refractivity contribution in [2.45, 2.75) is 44.0 Å². The third-order valence-corrected chi connectivity index (χ3v) is 3.38. The zero-order valence-electron chi connectivity index (χ0n) is 11.4. The highest BCUT2D eigenvalue weighted by atomic mass is 19.4. The average molecular weight is 323 g/mol. The molecule has 0 aromatic heterocycles. The van der Waals surface area contributed by atoms with Gasteiger partial charge in [0.2, 0.25) is 5.92 Å². The van der Waals surface area contributed by atoms with Gasteiger partial charge in [-0.25, -0.2) is 8.78 Å². The fourth-order valence-electron chi connectivity index (χ4n) is 2.29. The van der Waals surface area contributed by atoms with E-state index in [4.69, 9.17) is 0 Å². The van der Waals surface area contributed by atoms with Crippen molar-refractivity contribution >= 4 is 5.91 Å². The maximum Gasteiger partial charge on any atom is 0.573 e. The molecular formula is C14H14F5NO2. The van der Waals surface area contributed by atoms with E-state index in [-0.39, 0.29) is 31.2 Å². The van der Waals surface area contributed by atoms with Crippen molar-refractivity contribution in [1.82, 2.24) is 5.32 Å². The summed E-state index contributed by atoms with van der Waals surface area (Å²) in [4.78, 5) is 12.0. The molecule has 0 atom stereocenters. The molecular weight excluding hydrogens is 309 g/mol. The quantitative estimate of drug-likeness (QED) is 0.857. The highest BCUT2D eigenvalue weighted by molar-refractivity contribution is 5.94. The van der Waals surface area contributed by atoms with Gasteiger partial charge < -0.3 is 10.1 Å². The van der Waals surface area contributed by atoms with Crippen LogP contribution in [0.5, 0.6) is 5.75 Å². The minimum Gasteiger partial charge on any atom is -0.406 e. The van der Waals surface area contributed by atoms with E-state index in [2.05, 4.69) is 10.1 Å². The van der Waals surface area contributed by atoms with Crippen LogP contribution >= 0.6 is 0 Å². The Labute approximate surface area is 123 Å². The van der Waals surface area contributed by atoms with Gasteiger partial charge in [0.15, 0.2) is 0 Å². The van der Waals surface area contributed by atoms with Crippen molar-refractivity contribution in [1.29, 1.82) is 0 Å². The van der Waals surface area contributed by atoms with Gasteiger partial charge in [0.25, 0.3) is 5.91 Å². The predicted octanol–water partition coefficient (Wildman–Crippen LogP) is 3.89. The molecule has 1 aliphatic rings. The van der Waals surface area contributed by atoms with Crippen molar-refractivity contribution in [3.63, 3.8) is 0 Å². The van der Waals surface area contributed by atoms with Gasteiger partial charge >= 0.3 is 6.36 Å². The van der Waals surface area contributed by atoms with Crippen molar-refractivity contribution < 1.29 is 31.5 Å². The second kappa shape index (κ2) is 6.10. The van der Waals surface area contributed by atoms with Crippen molar-refractivity contribution in [2.75, 3.05) is 0 Å². The van der Waals surface area contributed by atoms with E-state index in [0.29, 0.717) is 0 Å². The number of amides is 1. The molecule has 122 valence electrons. The third kappa shape index (κ3) is 4.85. The molecule has 1 fully saturated rings. The SMILES string of the molecule is O=C(NC1CCC(F)(F)CC1)c1cccc(OC(F)(F)F)c1. The number of hydrogen-bond acceptors (Lipinski definition) is 2. The molecule has 1 N–H and O–H groups in total. The molecule has 2 rings (SSSR count). The first-order valence-electron chi connectivity index (χ1n) is 6.69. The molecule has 0 radical (unpaired) electrons. The van der Waals surface area contributed by atoms with E-state index in [0.717, 1.165) is 12.1 Å². The zero-order valence-corrected chi connectivity index (χ0v) is 11.4. The van der Waals surface area contributed by atoms with Crippen LogP contribution in [-0.4, -0.2) is 24.2 Å². The summed E-state index contributed by atoms with van der Waals surface area (Å²) in [6.45, 7) is 0. The lowest BCUT2D eigenvalue weighted by molar-refractivity contribution is -0.274. The zero-order chi connectivity index (χ0) is 16.4. The van der Waals surface area contributed by atoms with Crippen LogP contribution in [0.1, 0.15) is 36.0 Å². The van der Waals surface area contributed by atoms with E-state index in [1.54, 1.807) is 0 Å². The Bertz CT molecular complexity index is 534. The lowest BCUT2D eigenvalue weighted by atomic mass is 9.92. The maximum absolute atomic E-state index is 13.0. The Balaban J connectivity index is 1.97. The number of carbonyl (C=O) groups is 1. The van der Waals surface area contributed by atoms with Gasteiger partial charge in [0, 0.05) is 24.4 Å². The van der Waals surface area contributed by atoms with Gasteiger partial charge in [-0.2, -0.15) is 0 Å². The van der Waals surface area contributed by atoms with Crippen LogP contribution < -0.4 is 10.1 Å². The summed E-state index contributed by atoms with van der Waals surface area (Å²) in [5.41, 5.74) is -0.0147. The average Bonchev–Trinajstić information content (AvgIpc) is 2.39. The number of hydrogen-bond donors (Lipinski definition) is 1. The molecule has 1 aromatic carbocycles. The van der Waals surface area contributed by atoms with Gasteiger partial charge in [-0.3, -0.25) is 4.79 Å². The first kappa shape index (κ1) is 16.5. The predicted molar refractivity (Wildman–Crippen MR) is 67.8 cm³/mol. The minimum atomic E-state index is -4.84. The lowest BCUT2D eigenvalue weighted by Gasteiger charge is -2.28. The van der Waals surface area contributed by atoms with Crippen LogP contribution in [0.15, 0.2) is 24.3 Å². The van der Waals surface area contributed by atoms with Crippen molar-refractivity contribution in [3.05, 3.63) is 29.8 Å². The number of benzene rings is 1. The van der Waals surface area contributed by atoms with Crippen LogP contribution in [0, 0.1) is 0 Å². The van der Waals surface area contributed by atoms with E-state index in [1.165, 1.54) is 12.1 Å². The molecule has 1 amide bonds. The first-order valence-corrected chi connectivity index (χ1v) is 6.69. The molecule has 3 nitrogen and oxygen atoms in total. The molecule has 0 bridgehead atoms. The number of alkyl halides is 5. The van der Waals surface area contributed by atoms with Crippen LogP contribution in [0.25, 0.3) is 0 Å². The number of ether oxygens (including phenoxy) is 1. The van der Waals surface area contributed by atoms with Crippen molar-refractivity contribution in [3.8, 4) is 5.75 Å². The summed E-state index contributed by atoms with van der Waals surface area (Å²) in [5, 5.41) is 2.55. The van der Waals surface area contributed by atoms with Gasteiger partial charge in [0.1, 0.15) is 5.75 Å². The van der Waals surface area contributed by atoms with Crippen LogP contribution in [0.2, 0.25) is 0 Å². The van der Waals surface area contributed by atoms with E-state index in [9.17, 15) is 26.7 Å². The van der Waals surface area contributed by atoms with Crippen LogP contribution in [-0.2, 0) is 0 Å². The number of nitrogens with one attached hydrogen (secondary N) is 1. The Morgan fingerprint density at radius 3 is 2.45 bits per heavy atom. The van der Waals surface area contributed by atoms with E-state index >= 15 is 0 Å². The van der Waals surface area contributed by atoms with Crippen LogP contribution in [0.4, 0.5) is 22.0 Å². The first-order chi connectivity index (χ1) is 10.1. The third-order valence-electron chi connectivity index (χ3n) is 3.38. The summed E-state index contributed by atoms with van der Waals surface area (Å²) in [7, 11) is 0. The molecule has 0 spiro atoms. The number of rotatable bonds is 3. The number of carbonyl (C=O) groups excluding carboxylic acids is 1. The molecule has 0 saturated heterocycles. The summed E-state index contributed by atoms with van der Waals surface area (Å²) < 4.78 is 66.1. The molecule has 1 saturated carbocycles. The summed E-state index contributed by atoms with van der Waals surface area (Å²) in [5.74, 6) is -3.82. The van der Waals surface area contributed by atoms with Gasteiger partial charge in [-0.05, 0) is 31.0 Å². The summed E-state index contributed by atoms with van der Waals surface area (Å²) in [6, 6.07) is 4.21. The smallest absolute Gasteiger partial charge is 0.406 e. The highest BCUT2D eigenvalue weighted by Gasteiger charge is 2.35. The summed E-state index contributed by atoms with van der Waals surface area (Å²) >= 11 is 0. The minimum absolute atomic E-state index is 0.0147. The molecule has 1 aromatic rings. The largest absolute Gasteiger partial charge is 0.573 e. The highest BCUT2D eigenvalue weighted by Crippen LogP contribution is 2.33. The second-order valence-corrected chi connectivity index (χ2v) is 5.18. The van der Waals surface area contributed by atoms with Crippen LogP contribution in [0.3, 0.4) is 0 Å². The molecule has 22 heavy (non-hydrogen) atoms. The summed E-state index contributed by atoms with van der Waals surface area (Å²) in [6.07, 6.45) is -5.19. The maximum atomic E-state index is 13.0. The molecule has 1 aliphatic carbocycles. The molecule has 0 aliphatic heterocycles. The van der Waals surface area contributed by atoms with E-state index < -0.39 is 30.0 Å². The Kier molecular flexibility index (Phi) is 4.58. The molecule has 8 heteroatoms. The Hall–Kier alpha value is -1.86. The fourth-order valence-corrected chi connectivity index (χ4v) is 2.29. The van der Waals surface area contributed by atoms with Gasteiger partial charge in [-0.15, -0.1) is 13.2 Å². The lowest BCUT2D eigenvalue weighted by Crippen LogP contribution is -2.40. The van der Waals surface area contributed by atoms with Gasteiger partial charge in [0.05, 0.1) is 0 Å². The monoisotopic (exact) mass is 323 g/mol. The van der Waals surface area contributed by atoms with Crippen molar-refractivity contribution in [2.24, 2.45) is 0 Å². The normalized spacial score (nSPS) is 18.8. The molecule has 0 unspecified atom stereocenters. The topological polar surface area (TPSA) is 38.3 Å². The standard InChI is InChI=1S/C14H14F5NO2/c15-13(16)6-4-10(5-7-13)20-12(21)9-2-1-3-11(8-9)22-14(17,18)19/h1-3,8,10H,4-7H2,(H,20,21). The fraction of sp³-hybridized carbons (Fsp3) is 0.500. The Morgan fingerprint density at radius 2 is 1.86 bits per heavy atom. The molecule has 0 heterocycles. The van der Waals surface area contributed by atoms with Gasteiger partial charge in [-0.1, -0.05) is 6.07 Å². The Morgan fingerprint density at radius 1 is 1.23 bits per heavy atom. The number of halogens is 5.